The van der Waals surface area contributed by atoms with Gasteiger partial charge in [0.2, 0.25) is 0 Å². The third-order valence-corrected chi connectivity index (χ3v) is 3.99. The van der Waals surface area contributed by atoms with Crippen molar-refractivity contribution in [2.45, 2.75) is 32.7 Å². The second kappa shape index (κ2) is 6.26. The minimum absolute atomic E-state index is 0.160. The van der Waals surface area contributed by atoms with Gasteiger partial charge >= 0.3 is 0 Å². The van der Waals surface area contributed by atoms with Crippen molar-refractivity contribution in [3.63, 3.8) is 0 Å². The Bertz CT molecular complexity index is 569. The molecular weight excluding hydrogens is 302 g/mol. The molecule has 1 unspecified atom stereocenters. The van der Waals surface area contributed by atoms with Crippen LogP contribution in [0.4, 0.5) is 0 Å². The zero-order chi connectivity index (χ0) is 13.8. The molecule has 1 aromatic carbocycles. The van der Waals surface area contributed by atoms with Crippen LogP contribution >= 0.6 is 15.9 Å². The molecule has 3 nitrogen and oxygen atoms in total. The third kappa shape index (κ3) is 3.61. The lowest BCUT2D eigenvalue weighted by molar-refractivity contribution is 0.636. The van der Waals surface area contributed by atoms with E-state index in [1.54, 1.807) is 6.20 Å². The van der Waals surface area contributed by atoms with E-state index in [0.29, 0.717) is 0 Å². The fourth-order valence-corrected chi connectivity index (χ4v) is 2.17. The van der Waals surface area contributed by atoms with Crippen molar-refractivity contribution in [2.24, 2.45) is 5.73 Å². The van der Waals surface area contributed by atoms with Gasteiger partial charge in [0.05, 0.1) is 0 Å². The number of hydrogen-bond donors (Lipinski definition) is 1. The maximum atomic E-state index is 5.97. The molecular formula is C15H18BrN3. The van der Waals surface area contributed by atoms with Gasteiger partial charge in [0.25, 0.3) is 0 Å². The van der Waals surface area contributed by atoms with Crippen LogP contribution in [0.1, 0.15) is 24.6 Å². The van der Waals surface area contributed by atoms with Crippen molar-refractivity contribution < 1.29 is 0 Å². The predicted molar refractivity (Wildman–Crippen MR) is 81.9 cm³/mol. The molecule has 0 aliphatic heterocycles. The molecule has 1 atom stereocenters. The van der Waals surface area contributed by atoms with Crippen LogP contribution < -0.4 is 5.73 Å². The SMILES string of the molecule is CCC(N)Cc1ccnc(-c2ccc(C)c(Br)c2)n1. The first kappa shape index (κ1) is 14.2. The van der Waals surface area contributed by atoms with E-state index in [1.807, 2.05) is 18.2 Å². The highest BCUT2D eigenvalue weighted by Gasteiger charge is 2.07. The average Bonchev–Trinajstić information content (AvgIpc) is 2.42. The molecule has 0 aliphatic carbocycles. The zero-order valence-corrected chi connectivity index (χ0v) is 12.8. The highest BCUT2D eigenvalue weighted by atomic mass is 79.9. The first-order valence-corrected chi connectivity index (χ1v) is 7.23. The molecule has 4 heteroatoms. The molecule has 1 aromatic heterocycles. The number of aromatic nitrogens is 2. The predicted octanol–water partition coefficient (Wildman–Crippen LogP) is 3.49. The molecule has 2 aromatic rings. The molecule has 0 bridgehead atoms. The second-order valence-corrected chi connectivity index (χ2v) is 5.56. The largest absolute Gasteiger partial charge is 0.327 e. The van der Waals surface area contributed by atoms with Crippen molar-refractivity contribution >= 4 is 15.9 Å². The van der Waals surface area contributed by atoms with Gasteiger partial charge in [-0.3, -0.25) is 0 Å². The first-order valence-electron chi connectivity index (χ1n) is 6.44. The lowest BCUT2D eigenvalue weighted by Crippen LogP contribution is -2.22. The first-order chi connectivity index (χ1) is 9.10. The van der Waals surface area contributed by atoms with Crippen molar-refractivity contribution in [2.75, 3.05) is 0 Å². The quantitative estimate of drug-likeness (QED) is 0.938. The Balaban J connectivity index is 2.29. The summed E-state index contributed by atoms with van der Waals surface area (Å²) in [5, 5.41) is 0. The molecule has 2 rings (SSSR count). The summed E-state index contributed by atoms with van der Waals surface area (Å²) in [6.07, 6.45) is 3.54. The Hall–Kier alpha value is -1.26. The molecule has 0 fully saturated rings. The Labute approximate surface area is 122 Å². The van der Waals surface area contributed by atoms with Crippen LogP contribution in [0, 0.1) is 6.92 Å². The third-order valence-electron chi connectivity index (χ3n) is 3.14. The van der Waals surface area contributed by atoms with Gasteiger partial charge in [0.15, 0.2) is 5.82 Å². The highest BCUT2D eigenvalue weighted by molar-refractivity contribution is 9.10. The van der Waals surface area contributed by atoms with Crippen LogP contribution in [0.5, 0.6) is 0 Å². The summed E-state index contributed by atoms with van der Waals surface area (Å²) in [5.74, 6) is 0.751. The maximum Gasteiger partial charge on any atom is 0.159 e. The number of benzene rings is 1. The molecule has 0 amide bonds. The molecule has 0 radical (unpaired) electrons. The number of rotatable bonds is 4. The number of aryl methyl sites for hydroxylation is 1. The standard InChI is InChI=1S/C15H18BrN3/c1-3-12(17)9-13-6-7-18-15(19-13)11-5-4-10(2)14(16)8-11/h4-8,12H,3,9,17H2,1-2H3. The minimum Gasteiger partial charge on any atom is -0.327 e. The van der Waals surface area contributed by atoms with Crippen LogP contribution in [0.3, 0.4) is 0 Å². The summed E-state index contributed by atoms with van der Waals surface area (Å²) in [6, 6.07) is 8.25. The summed E-state index contributed by atoms with van der Waals surface area (Å²) < 4.78 is 1.07. The lowest BCUT2D eigenvalue weighted by Gasteiger charge is -2.09. The van der Waals surface area contributed by atoms with Gasteiger partial charge in [-0.25, -0.2) is 9.97 Å². The van der Waals surface area contributed by atoms with E-state index in [9.17, 15) is 0 Å². The Morgan fingerprint density at radius 3 is 2.79 bits per heavy atom. The fourth-order valence-electron chi connectivity index (χ4n) is 1.79. The zero-order valence-electron chi connectivity index (χ0n) is 11.2. The van der Waals surface area contributed by atoms with Crippen LogP contribution in [-0.4, -0.2) is 16.0 Å². The Kier molecular flexibility index (Phi) is 4.66. The van der Waals surface area contributed by atoms with Crippen LogP contribution in [0.15, 0.2) is 34.9 Å². The average molecular weight is 320 g/mol. The topological polar surface area (TPSA) is 51.8 Å². The maximum absolute atomic E-state index is 5.97. The lowest BCUT2D eigenvalue weighted by atomic mass is 10.1. The van der Waals surface area contributed by atoms with E-state index in [0.717, 1.165) is 34.4 Å². The molecule has 0 saturated heterocycles. The molecule has 1 heterocycles. The normalized spacial score (nSPS) is 12.4. The van der Waals surface area contributed by atoms with E-state index in [-0.39, 0.29) is 6.04 Å². The van der Waals surface area contributed by atoms with Crippen LogP contribution in [0.2, 0.25) is 0 Å². The summed E-state index contributed by atoms with van der Waals surface area (Å²) in [4.78, 5) is 8.93. The van der Waals surface area contributed by atoms with Gasteiger partial charge in [0, 0.05) is 34.4 Å². The van der Waals surface area contributed by atoms with E-state index in [4.69, 9.17) is 5.73 Å². The van der Waals surface area contributed by atoms with E-state index in [1.165, 1.54) is 5.56 Å². The highest BCUT2D eigenvalue weighted by Crippen LogP contribution is 2.23. The van der Waals surface area contributed by atoms with Crippen molar-refractivity contribution in [3.8, 4) is 11.4 Å². The molecule has 100 valence electrons. The summed E-state index contributed by atoms with van der Waals surface area (Å²) in [7, 11) is 0. The number of halogens is 1. The van der Waals surface area contributed by atoms with Gasteiger partial charge in [-0.2, -0.15) is 0 Å². The Morgan fingerprint density at radius 1 is 1.32 bits per heavy atom. The van der Waals surface area contributed by atoms with Gasteiger partial charge < -0.3 is 5.73 Å². The molecule has 0 spiro atoms. The summed E-state index contributed by atoms with van der Waals surface area (Å²) in [5.41, 5.74) is 9.19. The second-order valence-electron chi connectivity index (χ2n) is 4.71. The molecule has 0 aliphatic rings. The minimum atomic E-state index is 0.160. The van der Waals surface area contributed by atoms with E-state index in [2.05, 4.69) is 45.8 Å². The van der Waals surface area contributed by atoms with Gasteiger partial charge in [0.1, 0.15) is 0 Å². The van der Waals surface area contributed by atoms with Crippen molar-refractivity contribution in [3.05, 3.63) is 46.2 Å². The monoisotopic (exact) mass is 319 g/mol. The summed E-state index contributed by atoms with van der Waals surface area (Å²) >= 11 is 3.54. The number of nitrogens with zero attached hydrogens (tertiary/aromatic N) is 2. The number of hydrogen-bond acceptors (Lipinski definition) is 3. The van der Waals surface area contributed by atoms with Crippen molar-refractivity contribution in [1.82, 2.24) is 9.97 Å². The van der Waals surface area contributed by atoms with Gasteiger partial charge in [-0.1, -0.05) is 35.0 Å². The van der Waals surface area contributed by atoms with Crippen LogP contribution in [0.25, 0.3) is 11.4 Å². The molecule has 0 saturated carbocycles. The molecule has 2 N–H and O–H groups in total. The van der Waals surface area contributed by atoms with Gasteiger partial charge in [-0.15, -0.1) is 0 Å². The van der Waals surface area contributed by atoms with E-state index >= 15 is 0 Å². The van der Waals surface area contributed by atoms with Crippen molar-refractivity contribution in [1.29, 1.82) is 0 Å². The fraction of sp³-hybridized carbons (Fsp3) is 0.333. The Morgan fingerprint density at radius 2 is 2.11 bits per heavy atom. The number of nitrogens with two attached hydrogens (primary N) is 1. The van der Waals surface area contributed by atoms with Gasteiger partial charge in [-0.05, 0) is 31.0 Å². The smallest absolute Gasteiger partial charge is 0.159 e. The van der Waals surface area contributed by atoms with Crippen LogP contribution in [-0.2, 0) is 6.42 Å². The molecule has 19 heavy (non-hydrogen) atoms. The summed E-state index contributed by atoms with van der Waals surface area (Å²) in [6.45, 7) is 4.15. The van der Waals surface area contributed by atoms with E-state index < -0.39 is 0 Å².